The highest BCUT2D eigenvalue weighted by molar-refractivity contribution is 4.80. The van der Waals surface area contributed by atoms with Crippen LogP contribution in [0.25, 0.3) is 0 Å². The molecule has 9 heavy (non-hydrogen) atoms. The van der Waals surface area contributed by atoms with Crippen molar-refractivity contribution in [2.24, 2.45) is 0 Å². The number of hydrogen-bond acceptors (Lipinski definition) is 2. The normalized spacial score (nSPS) is 13.0. The maximum absolute atomic E-state index is 3.92. The third-order valence-corrected chi connectivity index (χ3v) is 1.19. The van der Waals surface area contributed by atoms with E-state index in [1.807, 2.05) is 13.0 Å². The minimum Gasteiger partial charge on any atom is -0.246 e. The second-order valence-electron chi connectivity index (χ2n) is 1.85. The summed E-state index contributed by atoms with van der Waals surface area (Å²) in [6.07, 6.45) is 5.00. The molecule has 1 heterocycles. The van der Waals surface area contributed by atoms with Gasteiger partial charge in [-0.1, -0.05) is 6.08 Å². The van der Waals surface area contributed by atoms with E-state index >= 15 is 0 Å². The lowest BCUT2D eigenvalue weighted by atomic mass is 10.3. The molecule has 1 aromatic rings. The Labute approximate surface area is 54.0 Å². The Morgan fingerprint density at radius 1 is 1.78 bits per heavy atom. The molecule has 0 saturated carbocycles. The van der Waals surface area contributed by atoms with Crippen LogP contribution in [0.5, 0.6) is 0 Å². The van der Waals surface area contributed by atoms with E-state index in [1.54, 1.807) is 11.0 Å². The zero-order valence-corrected chi connectivity index (χ0v) is 5.36. The average Bonchev–Trinajstić information content (AvgIpc) is 2.37. The fraction of sp³-hybridized carbons (Fsp3) is 0.333. The number of aromatic nitrogens is 3. The molecule has 0 spiro atoms. The lowest BCUT2D eigenvalue weighted by molar-refractivity contribution is 0.580. The smallest absolute Gasteiger partial charge is 0.137 e. The van der Waals surface area contributed by atoms with E-state index in [1.165, 1.54) is 6.33 Å². The van der Waals surface area contributed by atoms with E-state index < -0.39 is 0 Å². The summed E-state index contributed by atoms with van der Waals surface area (Å²) >= 11 is 0. The number of nitrogens with zero attached hydrogens (tertiary/aromatic N) is 3. The highest BCUT2D eigenvalue weighted by atomic mass is 15.3. The van der Waals surface area contributed by atoms with Gasteiger partial charge in [0.2, 0.25) is 0 Å². The summed E-state index contributed by atoms with van der Waals surface area (Å²) in [7, 11) is 0. The van der Waals surface area contributed by atoms with Gasteiger partial charge >= 0.3 is 0 Å². The van der Waals surface area contributed by atoms with Crippen LogP contribution in [0.1, 0.15) is 13.0 Å². The summed E-state index contributed by atoms with van der Waals surface area (Å²) in [5, 5.41) is 3.92. The molecule has 0 aromatic carbocycles. The van der Waals surface area contributed by atoms with E-state index in [0.29, 0.717) is 0 Å². The quantitative estimate of drug-likeness (QED) is 0.550. The Balaban J connectivity index is 2.76. The zero-order chi connectivity index (χ0) is 6.69. The van der Waals surface area contributed by atoms with Crippen LogP contribution >= 0.6 is 0 Å². The minimum absolute atomic E-state index is 0.243. The molecule has 0 amide bonds. The third-order valence-electron chi connectivity index (χ3n) is 1.19. The molecule has 1 unspecified atom stereocenters. The van der Waals surface area contributed by atoms with Crippen LogP contribution in [0.4, 0.5) is 0 Å². The van der Waals surface area contributed by atoms with Gasteiger partial charge in [0.1, 0.15) is 12.7 Å². The van der Waals surface area contributed by atoms with Crippen LogP contribution in [0.2, 0.25) is 0 Å². The van der Waals surface area contributed by atoms with Gasteiger partial charge in [0.25, 0.3) is 0 Å². The molecule has 0 fully saturated rings. The number of rotatable bonds is 2. The predicted molar refractivity (Wildman–Crippen MR) is 34.9 cm³/mol. The van der Waals surface area contributed by atoms with Crippen molar-refractivity contribution in [2.75, 3.05) is 0 Å². The predicted octanol–water partition coefficient (Wildman–Crippen LogP) is 1.03. The van der Waals surface area contributed by atoms with Crippen LogP contribution in [-0.2, 0) is 0 Å². The van der Waals surface area contributed by atoms with Gasteiger partial charge in [-0.05, 0) is 6.92 Å². The largest absolute Gasteiger partial charge is 0.246 e. The molecule has 0 N–H and O–H groups in total. The molecule has 1 aromatic heterocycles. The lowest BCUT2D eigenvalue weighted by Gasteiger charge is -2.02. The maximum atomic E-state index is 3.92. The first-order valence-corrected chi connectivity index (χ1v) is 2.81. The van der Waals surface area contributed by atoms with Crippen molar-refractivity contribution in [3.05, 3.63) is 25.3 Å². The standard InChI is InChI=1S/C6H9N3/c1-3-6(2)9-5-7-4-8-9/h3-6H,1H2,2H3. The Kier molecular flexibility index (Phi) is 1.63. The second kappa shape index (κ2) is 2.44. The molecule has 1 rings (SSSR count). The summed E-state index contributed by atoms with van der Waals surface area (Å²) in [6.45, 7) is 5.63. The third kappa shape index (κ3) is 1.16. The molecule has 0 radical (unpaired) electrons. The van der Waals surface area contributed by atoms with Gasteiger partial charge in [0, 0.05) is 0 Å². The Morgan fingerprint density at radius 2 is 2.56 bits per heavy atom. The van der Waals surface area contributed by atoms with Crippen LogP contribution in [0, 0.1) is 0 Å². The monoisotopic (exact) mass is 123 g/mol. The van der Waals surface area contributed by atoms with E-state index in [9.17, 15) is 0 Å². The molecule has 0 aliphatic rings. The average molecular weight is 123 g/mol. The fourth-order valence-corrected chi connectivity index (χ4v) is 0.536. The van der Waals surface area contributed by atoms with E-state index in [-0.39, 0.29) is 6.04 Å². The fourth-order valence-electron chi connectivity index (χ4n) is 0.536. The van der Waals surface area contributed by atoms with Crippen molar-refractivity contribution in [3.8, 4) is 0 Å². The van der Waals surface area contributed by atoms with Crippen LogP contribution in [0.3, 0.4) is 0 Å². The molecule has 0 bridgehead atoms. The Hall–Kier alpha value is -1.12. The summed E-state index contributed by atoms with van der Waals surface area (Å²) < 4.78 is 1.74. The van der Waals surface area contributed by atoms with Gasteiger partial charge in [0.15, 0.2) is 0 Å². The second-order valence-corrected chi connectivity index (χ2v) is 1.85. The van der Waals surface area contributed by atoms with Crippen molar-refractivity contribution < 1.29 is 0 Å². The lowest BCUT2D eigenvalue weighted by Crippen LogP contribution is -2.01. The first-order chi connectivity index (χ1) is 4.34. The summed E-state index contributed by atoms with van der Waals surface area (Å²) in [5.41, 5.74) is 0. The molecular formula is C6H9N3. The molecular weight excluding hydrogens is 114 g/mol. The van der Waals surface area contributed by atoms with E-state index in [2.05, 4.69) is 16.7 Å². The van der Waals surface area contributed by atoms with Crippen LogP contribution in [-0.4, -0.2) is 14.8 Å². The minimum atomic E-state index is 0.243. The van der Waals surface area contributed by atoms with Crippen LogP contribution in [0.15, 0.2) is 25.3 Å². The van der Waals surface area contributed by atoms with Gasteiger partial charge in [0.05, 0.1) is 6.04 Å². The summed E-state index contributed by atoms with van der Waals surface area (Å²) in [4.78, 5) is 3.80. The van der Waals surface area contributed by atoms with E-state index in [4.69, 9.17) is 0 Å². The molecule has 3 heteroatoms. The highest BCUT2D eigenvalue weighted by Crippen LogP contribution is 2.00. The van der Waals surface area contributed by atoms with E-state index in [0.717, 1.165) is 0 Å². The first kappa shape index (κ1) is 6.01. The molecule has 0 aliphatic carbocycles. The van der Waals surface area contributed by atoms with Crippen LogP contribution < -0.4 is 0 Å². The van der Waals surface area contributed by atoms with Crippen molar-refractivity contribution in [2.45, 2.75) is 13.0 Å². The van der Waals surface area contributed by atoms with Gasteiger partial charge < -0.3 is 0 Å². The van der Waals surface area contributed by atoms with Crippen molar-refractivity contribution >= 4 is 0 Å². The zero-order valence-electron chi connectivity index (χ0n) is 5.36. The van der Waals surface area contributed by atoms with Gasteiger partial charge in [-0.3, -0.25) is 0 Å². The molecule has 0 saturated heterocycles. The van der Waals surface area contributed by atoms with Crippen molar-refractivity contribution in [1.82, 2.24) is 14.8 Å². The summed E-state index contributed by atoms with van der Waals surface area (Å²) in [6, 6.07) is 0.243. The molecule has 48 valence electrons. The molecule has 3 nitrogen and oxygen atoms in total. The maximum Gasteiger partial charge on any atom is 0.137 e. The Bertz CT molecular complexity index is 178. The van der Waals surface area contributed by atoms with Crippen molar-refractivity contribution in [3.63, 3.8) is 0 Å². The first-order valence-electron chi connectivity index (χ1n) is 2.81. The Morgan fingerprint density at radius 3 is 3.00 bits per heavy atom. The van der Waals surface area contributed by atoms with Gasteiger partial charge in [-0.25, -0.2) is 9.67 Å². The molecule has 0 aliphatic heterocycles. The highest BCUT2D eigenvalue weighted by Gasteiger charge is 1.95. The SMILES string of the molecule is C=CC(C)n1cncn1. The number of allylic oxidation sites excluding steroid dienone is 1. The van der Waals surface area contributed by atoms with Crippen molar-refractivity contribution in [1.29, 1.82) is 0 Å². The molecule has 1 atom stereocenters. The van der Waals surface area contributed by atoms with Gasteiger partial charge in [-0.15, -0.1) is 6.58 Å². The topological polar surface area (TPSA) is 30.7 Å². The number of hydrogen-bond donors (Lipinski definition) is 0. The summed E-state index contributed by atoms with van der Waals surface area (Å²) in [5.74, 6) is 0. The van der Waals surface area contributed by atoms with Gasteiger partial charge in [-0.2, -0.15) is 5.10 Å².